The molecule has 0 saturated carbocycles. The van der Waals surface area contributed by atoms with Gasteiger partial charge in [0.1, 0.15) is 0 Å². The molecule has 1 fully saturated rings. The Hall–Kier alpha value is -0.450. The SMILES string of the molecule is CNCc1csc(CCN2CCC(C)CC2)n1. The molecule has 2 rings (SSSR count). The van der Waals surface area contributed by atoms with Gasteiger partial charge in [-0.1, -0.05) is 6.92 Å². The molecule has 0 unspecified atom stereocenters. The Balaban J connectivity index is 1.73. The van der Waals surface area contributed by atoms with Gasteiger partial charge in [0.05, 0.1) is 10.7 Å². The number of nitrogens with one attached hydrogen (secondary N) is 1. The molecule has 1 saturated heterocycles. The van der Waals surface area contributed by atoms with Crippen molar-refractivity contribution in [2.24, 2.45) is 5.92 Å². The Morgan fingerprint density at radius 2 is 2.24 bits per heavy atom. The quantitative estimate of drug-likeness (QED) is 0.871. The van der Waals surface area contributed by atoms with Crippen LogP contribution >= 0.6 is 11.3 Å². The lowest BCUT2D eigenvalue weighted by atomic mass is 9.99. The summed E-state index contributed by atoms with van der Waals surface area (Å²) in [6.07, 6.45) is 3.84. The summed E-state index contributed by atoms with van der Waals surface area (Å²) >= 11 is 1.80. The molecular weight excluding hydrogens is 230 g/mol. The van der Waals surface area contributed by atoms with Crippen LogP contribution in [0.25, 0.3) is 0 Å². The van der Waals surface area contributed by atoms with Crippen molar-refractivity contribution in [3.05, 3.63) is 16.1 Å². The molecule has 1 aromatic heterocycles. The van der Waals surface area contributed by atoms with E-state index in [1.54, 1.807) is 11.3 Å². The van der Waals surface area contributed by atoms with Crippen LogP contribution < -0.4 is 5.32 Å². The van der Waals surface area contributed by atoms with Crippen molar-refractivity contribution in [2.75, 3.05) is 26.7 Å². The van der Waals surface area contributed by atoms with Crippen LogP contribution in [0.4, 0.5) is 0 Å². The molecule has 96 valence electrons. The molecule has 17 heavy (non-hydrogen) atoms. The Kier molecular flexibility index (Phi) is 4.95. The van der Waals surface area contributed by atoms with E-state index < -0.39 is 0 Å². The summed E-state index contributed by atoms with van der Waals surface area (Å²) in [7, 11) is 1.97. The number of hydrogen-bond donors (Lipinski definition) is 1. The first-order valence-corrected chi connectivity index (χ1v) is 7.46. The molecule has 1 aliphatic rings. The summed E-state index contributed by atoms with van der Waals surface area (Å²) in [5.41, 5.74) is 1.18. The van der Waals surface area contributed by atoms with Crippen LogP contribution in [0.5, 0.6) is 0 Å². The van der Waals surface area contributed by atoms with E-state index in [0.717, 1.165) is 18.9 Å². The van der Waals surface area contributed by atoms with E-state index in [4.69, 9.17) is 0 Å². The number of likely N-dealkylation sites (tertiary alicyclic amines) is 1. The van der Waals surface area contributed by atoms with Gasteiger partial charge >= 0.3 is 0 Å². The smallest absolute Gasteiger partial charge is 0.0941 e. The second-order valence-corrected chi connectivity index (χ2v) is 5.98. The van der Waals surface area contributed by atoms with Crippen molar-refractivity contribution in [2.45, 2.75) is 32.7 Å². The van der Waals surface area contributed by atoms with Gasteiger partial charge in [-0.15, -0.1) is 11.3 Å². The van der Waals surface area contributed by atoms with Crippen LogP contribution in [0.3, 0.4) is 0 Å². The van der Waals surface area contributed by atoms with E-state index in [1.807, 2.05) is 7.05 Å². The maximum absolute atomic E-state index is 4.63. The fourth-order valence-corrected chi connectivity index (χ4v) is 3.05. The van der Waals surface area contributed by atoms with Gasteiger partial charge in [-0.2, -0.15) is 0 Å². The van der Waals surface area contributed by atoms with Crippen molar-refractivity contribution in [1.29, 1.82) is 0 Å². The average molecular weight is 253 g/mol. The van der Waals surface area contributed by atoms with Crippen LogP contribution in [0.2, 0.25) is 0 Å². The lowest BCUT2D eigenvalue weighted by molar-refractivity contribution is 0.194. The van der Waals surface area contributed by atoms with Gasteiger partial charge in [-0.25, -0.2) is 4.98 Å². The topological polar surface area (TPSA) is 28.2 Å². The normalized spacial score (nSPS) is 18.7. The summed E-state index contributed by atoms with van der Waals surface area (Å²) in [6.45, 7) is 6.98. The van der Waals surface area contributed by atoms with Crippen molar-refractivity contribution in [3.8, 4) is 0 Å². The van der Waals surface area contributed by atoms with Crippen LogP contribution in [0, 0.1) is 5.92 Å². The minimum atomic E-state index is 0.887. The van der Waals surface area contributed by atoms with E-state index in [9.17, 15) is 0 Å². The fourth-order valence-electron chi connectivity index (χ4n) is 2.27. The van der Waals surface area contributed by atoms with E-state index >= 15 is 0 Å². The highest BCUT2D eigenvalue weighted by atomic mass is 32.1. The number of aromatic nitrogens is 1. The van der Waals surface area contributed by atoms with Crippen molar-refractivity contribution < 1.29 is 0 Å². The van der Waals surface area contributed by atoms with Crippen LogP contribution in [0.1, 0.15) is 30.5 Å². The Labute approximate surface area is 108 Å². The molecule has 0 amide bonds. The molecule has 1 aliphatic heterocycles. The number of nitrogens with zero attached hydrogens (tertiary/aromatic N) is 2. The standard InChI is InChI=1S/C13H23N3S/c1-11-3-6-16(7-4-11)8-5-13-15-12(9-14-2)10-17-13/h10-11,14H,3-9H2,1-2H3. The highest BCUT2D eigenvalue weighted by Gasteiger charge is 2.15. The Morgan fingerprint density at radius 1 is 1.47 bits per heavy atom. The first-order chi connectivity index (χ1) is 8.28. The molecular formula is C13H23N3S. The summed E-state index contributed by atoms with van der Waals surface area (Å²) in [4.78, 5) is 7.21. The predicted octanol–water partition coefficient (Wildman–Crippen LogP) is 2.14. The molecule has 1 N–H and O–H groups in total. The van der Waals surface area contributed by atoms with Crippen LogP contribution in [-0.4, -0.2) is 36.6 Å². The first-order valence-electron chi connectivity index (χ1n) is 6.58. The minimum Gasteiger partial charge on any atom is -0.314 e. The van der Waals surface area contributed by atoms with E-state index in [1.165, 1.54) is 43.2 Å². The third-order valence-electron chi connectivity index (χ3n) is 3.48. The number of piperidine rings is 1. The van der Waals surface area contributed by atoms with Crippen molar-refractivity contribution >= 4 is 11.3 Å². The highest BCUT2D eigenvalue weighted by Crippen LogP contribution is 2.17. The summed E-state index contributed by atoms with van der Waals surface area (Å²) < 4.78 is 0. The molecule has 0 radical (unpaired) electrons. The summed E-state index contributed by atoms with van der Waals surface area (Å²) in [5, 5.41) is 6.60. The molecule has 0 aliphatic carbocycles. The third kappa shape index (κ3) is 4.05. The molecule has 4 heteroatoms. The second kappa shape index (κ2) is 6.47. The van der Waals surface area contributed by atoms with Gasteiger partial charge in [0.2, 0.25) is 0 Å². The summed E-state index contributed by atoms with van der Waals surface area (Å²) in [6, 6.07) is 0. The average Bonchev–Trinajstić information content (AvgIpc) is 2.77. The third-order valence-corrected chi connectivity index (χ3v) is 4.43. The number of thiazole rings is 1. The second-order valence-electron chi connectivity index (χ2n) is 5.04. The molecule has 0 atom stereocenters. The van der Waals surface area contributed by atoms with Gasteiger partial charge in [0.15, 0.2) is 0 Å². The maximum Gasteiger partial charge on any atom is 0.0941 e. The van der Waals surface area contributed by atoms with Crippen LogP contribution in [-0.2, 0) is 13.0 Å². The highest BCUT2D eigenvalue weighted by molar-refractivity contribution is 7.09. The molecule has 1 aromatic rings. The Morgan fingerprint density at radius 3 is 2.94 bits per heavy atom. The molecule has 0 spiro atoms. The molecule has 3 nitrogen and oxygen atoms in total. The lowest BCUT2D eigenvalue weighted by Gasteiger charge is -2.29. The first kappa shape index (κ1) is 13.0. The maximum atomic E-state index is 4.63. The zero-order valence-electron chi connectivity index (χ0n) is 10.9. The van der Waals surface area contributed by atoms with Crippen LogP contribution in [0.15, 0.2) is 5.38 Å². The molecule has 0 aromatic carbocycles. The minimum absolute atomic E-state index is 0.887. The van der Waals surface area contributed by atoms with E-state index in [0.29, 0.717) is 0 Å². The van der Waals surface area contributed by atoms with Gasteiger partial charge in [0, 0.05) is 24.9 Å². The summed E-state index contributed by atoms with van der Waals surface area (Å²) in [5.74, 6) is 0.924. The largest absolute Gasteiger partial charge is 0.314 e. The van der Waals surface area contributed by atoms with Gasteiger partial charge in [-0.05, 0) is 38.9 Å². The molecule has 0 bridgehead atoms. The zero-order valence-corrected chi connectivity index (χ0v) is 11.7. The van der Waals surface area contributed by atoms with Gasteiger partial charge in [0.25, 0.3) is 0 Å². The van der Waals surface area contributed by atoms with Crippen molar-refractivity contribution in [3.63, 3.8) is 0 Å². The van der Waals surface area contributed by atoms with Gasteiger partial charge < -0.3 is 10.2 Å². The molecule has 2 heterocycles. The monoisotopic (exact) mass is 253 g/mol. The predicted molar refractivity (Wildman–Crippen MR) is 73.4 cm³/mol. The van der Waals surface area contributed by atoms with E-state index in [-0.39, 0.29) is 0 Å². The van der Waals surface area contributed by atoms with Crippen molar-refractivity contribution in [1.82, 2.24) is 15.2 Å². The van der Waals surface area contributed by atoms with E-state index in [2.05, 4.69) is 27.5 Å². The number of hydrogen-bond acceptors (Lipinski definition) is 4. The fraction of sp³-hybridized carbons (Fsp3) is 0.769. The zero-order chi connectivity index (χ0) is 12.1. The number of rotatable bonds is 5. The lowest BCUT2D eigenvalue weighted by Crippen LogP contribution is -2.34. The van der Waals surface area contributed by atoms with Gasteiger partial charge in [-0.3, -0.25) is 0 Å². The Bertz CT molecular complexity index is 329.